The molecule has 0 fully saturated rings. The van der Waals surface area contributed by atoms with E-state index < -0.39 is 0 Å². The van der Waals surface area contributed by atoms with E-state index in [1.165, 1.54) is 11.3 Å². The number of carbonyl (C=O) groups excluding carboxylic acids is 1. The Morgan fingerprint density at radius 1 is 1.15 bits per heavy atom. The van der Waals surface area contributed by atoms with Crippen LogP contribution in [-0.4, -0.2) is 45.8 Å². The molecule has 0 unspecified atom stereocenters. The second-order valence-corrected chi connectivity index (χ2v) is 8.89. The molecular weight excluding hydrogens is 454 g/mol. The van der Waals surface area contributed by atoms with Gasteiger partial charge in [0.15, 0.2) is 0 Å². The van der Waals surface area contributed by atoms with E-state index in [1.54, 1.807) is 18.8 Å². The number of nitrogens with one attached hydrogen (secondary N) is 1. The molecule has 0 aliphatic heterocycles. The Kier molecular flexibility index (Phi) is 7.46. The van der Waals surface area contributed by atoms with E-state index in [2.05, 4.69) is 15.5 Å². The molecule has 0 spiro atoms. The Labute approximate surface area is 201 Å². The largest absolute Gasteiger partial charge is 0.497 e. The van der Waals surface area contributed by atoms with E-state index in [0.717, 1.165) is 34.8 Å². The summed E-state index contributed by atoms with van der Waals surface area (Å²) >= 11 is 1.43. The van der Waals surface area contributed by atoms with Crippen LogP contribution in [0.25, 0.3) is 16.0 Å². The molecule has 1 amide bonds. The van der Waals surface area contributed by atoms with Gasteiger partial charge in [0.2, 0.25) is 11.7 Å². The van der Waals surface area contributed by atoms with Crippen molar-refractivity contribution in [1.29, 1.82) is 0 Å². The Bertz CT molecular complexity index is 1360. The number of aromatic nitrogens is 4. The van der Waals surface area contributed by atoms with Crippen molar-refractivity contribution in [3.63, 3.8) is 0 Å². The lowest BCUT2D eigenvalue weighted by Crippen LogP contribution is -2.25. The standard InChI is InChI=1S/C24H29N5O4S/c1-4-13-28-23(31)22-18(11-14-34-22)29-20(26-27-24(28)29)6-5-7-21(30)25-12-10-16-15-17(32-2)8-9-19(16)33-3/h8-9,11,14-15H,4-7,10,12-13H2,1-3H3,(H,25,30). The fourth-order valence-corrected chi connectivity index (χ4v) is 4.90. The number of benzene rings is 1. The number of hydrogen-bond donors (Lipinski definition) is 1. The first-order valence-electron chi connectivity index (χ1n) is 11.4. The normalized spacial score (nSPS) is 11.3. The number of thiophene rings is 1. The maximum atomic E-state index is 12.8. The maximum Gasteiger partial charge on any atom is 0.272 e. The summed E-state index contributed by atoms with van der Waals surface area (Å²) in [6.07, 6.45) is 3.08. The highest BCUT2D eigenvalue weighted by molar-refractivity contribution is 7.17. The molecule has 0 saturated carbocycles. The van der Waals surface area contributed by atoms with Gasteiger partial charge in [-0.2, -0.15) is 0 Å². The highest BCUT2D eigenvalue weighted by Gasteiger charge is 2.17. The second kappa shape index (κ2) is 10.7. The molecule has 9 nitrogen and oxygen atoms in total. The topological polar surface area (TPSA) is 99.8 Å². The predicted octanol–water partition coefficient (Wildman–Crippen LogP) is 3.21. The van der Waals surface area contributed by atoms with Crippen molar-refractivity contribution >= 4 is 33.2 Å². The van der Waals surface area contributed by atoms with Crippen molar-refractivity contribution in [2.75, 3.05) is 20.8 Å². The van der Waals surface area contributed by atoms with E-state index in [9.17, 15) is 9.59 Å². The van der Waals surface area contributed by atoms with Crippen LogP contribution in [0.4, 0.5) is 0 Å². The summed E-state index contributed by atoms with van der Waals surface area (Å²) in [7, 11) is 3.25. The minimum absolute atomic E-state index is 0.0146. The summed E-state index contributed by atoms with van der Waals surface area (Å²) in [5.74, 6) is 2.84. The van der Waals surface area contributed by atoms with Crippen molar-refractivity contribution in [3.05, 3.63) is 51.4 Å². The van der Waals surface area contributed by atoms with E-state index >= 15 is 0 Å². The number of hydrogen-bond acceptors (Lipinski definition) is 7. The molecule has 10 heteroatoms. The number of carbonyl (C=O) groups is 1. The van der Waals surface area contributed by atoms with Gasteiger partial charge in [0, 0.05) is 25.9 Å². The van der Waals surface area contributed by atoms with Gasteiger partial charge >= 0.3 is 0 Å². The molecule has 34 heavy (non-hydrogen) atoms. The molecule has 1 N–H and O–H groups in total. The van der Waals surface area contributed by atoms with Crippen LogP contribution < -0.4 is 20.3 Å². The Hall–Kier alpha value is -3.40. The van der Waals surface area contributed by atoms with Crippen molar-refractivity contribution < 1.29 is 14.3 Å². The van der Waals surface area contributed by atoms with Crippen LogP contribution in [0, 0.1) is 0 Å². The zero-order chi connectivity index (χ0) is 24.1. The number of methoxy groups -OCH3 is 2. The van der Waals surface area contributed by atoms with Gasteiger partial charge in [-0.15, -0.1) is 21.5 Å². The van der Waals surface area contributed by atoms with Crippen LogP contribution >= 0.6 is 11.3 Å². The van der Waals surface area contributed by atoms with E-state index in [4.69, 9.17) is 9.47 Å². The van der Waals surface area contributed by atoms with Crippen molar-refractivity contribution in [2.24, 2.45) is 0 Å². The number of nitrogens with zero attached hydrogens (tertiary/aromatic N) is 4. The lowest BCUT2D eigenvalue weighted by Gasteiger charge is -2.11. The van der Waals surface area contributed by atoms with Crippen LogP contribution in [-0.2, 0) is 24.2 Å². The van der Waals surface area contributed by atoms with Gasteiger partial charge in [0.25, 0.3) is 5.56 Å². The minimum Gasteiger partial charge on any atom is -0.497 e. The van der Waals surface area contributed by atoms with Gasteiger partial charge in [-0.05, 0) is 54.5 Å². The zero-order valence-electron chi connectivity index (χ0n) is 19.7. The van der Waals surface area contributed by atoms with Crippen molar-refractivity contribution in [3.8, 4) is 11.5 Å². The number of fused-ring (bicyclic) bond motifs is 3. The minimum atomic E-state index is -0.0228. The predicted molar refractivity (Wildman–Crippen MR) is 132 cm³/mol. The summed E-state index contributed by atoms with van der Waals surface area (Å²) < 4.78 is 15.0. The maximum absolute atomic E-state index is 12.8. The zero-order valence-corrected chi connectivity index (χ0v) is 20.5. The fraction of sp³-hybridized carbons (Fsp3) is 0.417. The van der Waals surface area contributed by atoms with Crippen LogP contribution in [0.15, 0.2) is 34.4 Å². The van der Waals surface area contributed by atoms with Crippen LogP contribution in [0.3, 0.4) is 0 Å². The summed E-state index contributed by atoms with van der Waals surface area (Å²) in [6.45, 7) is 3.13. The van der Waals surface area contributed by atoms with Gasteiger partial charge in [0.05, 0.1) is 19.7 Å². The number of aryl methyl sites for hydroxylation is 2. The molecule has 0 atom stereocenters. The molecule has 180 valence electrons. The molecule has 0 aliphatic carbocycles. The van der Waals surface area contributed by atoms with Crippen LogP contribution in [0.1, 0.15) is 37.6 Å². The molecule has 1 aromatic carbocycles. The van der Waals surface area contributed by atoms with Gasteiger partial charge in [-0.25, -0.2) is 0 Å². The quantitative estimate of drug-likeness (QED) is 0.352. The lowest BCUT2D eigenvalue weighted by atomic mass is 10.1. The van der Waals surface area contributed by atoms with Crippen molar-refractivity contribution in [2.45, 2.75) is 45.6 Å². The lowest BCUT2D eigenvalue weighted by molar-refractivity contribution is -0.121. The van der Waals surface area contributed by atoms with E-state index in [1.807, 2.05) is 41.0 Å². The monoisotopic (exact) mass is 483 g/mol. The number of rotatable bonds is 11. The fourth-order valence-electron chi connectivity index (χ4n) is 4.08. The molecule has 3 aromatic heterocycles. The average Bonchev–Trinajstić information content (AvgIpc) is 3.49. The van der Waals surface area contributed by atoms with Crippen molar-refractivity contribution in [1.82, 2.24) is 24.5 Å². The number of amides is 1. The highest BCUT2D eigenvalue weighted by Crippen LogP contribution is 2.24. The summed E-state index contributed by atoms with van der Waals surface area (Å²) in [5.41, 5.74) is 1.79. The molecular formula is C24H29N5O4S. The highest BCUT2D eigenvalue weighted by atomic mass is 32.1. The average molecular weight is 484 g/mol. The smallest absolute Gasteiger partial charge is 0.272 e. The van der Waals surface area contributed by atoms with E-state index in [0.29, 0.717) is 49.3 Å². The van der Waals surface area contributed by atoms with Crippen LogP contribution in [0.2, 0.25) is 0 Å². The summed E-state index contributed by atoms with van der Waals surface area (Å²) in [5, 5.41) is 13.5. The first-order chi connectivity index (χ1) is 16.6. The summed E-state index contributed by atoms with van der Waals surface area (Å²) in [6, 6.07) is 7.56. The third-order valence-electron chi connectivity index (χ3n) is 5.73. The summed E-state index contributed by atoms with van der Waals surface area (Å²) in [4.78, 5) is 25.2. The first-order valence-corrected chi connectivity index (χ1v) is 12.3. The molecule has 0 bridgehead atoms. The Morgan fingerprint density at radius 3 is 2.76 bits per heavy atom. The number of ether oxygens (including phenoxy) is 2. The Morgan fingerprint density at radius 2 is 2.00 bits per heavy atom. The van der Waals surface area contributed by atoms with Gasteiger partial charge in [-0.3, -0.25) is 18.6 Å². The molecule has 4 rings (SSSR count). The van der Waals surface area contributed by atoms with Gasteiger partial charge in [0.1, 0.15) is 22.0 Å². The second-order valence-electron chi connectivity index (χ2n) is 7.97. The Balaban J connectivity index is 1.37. The van der Waals surface area contributed by atoms with Gasteiger partial charge in [-0.1, -0.05) is 6.92 Å². The molecule has 3 heterocycles. The third kappa shape index (κ3) is 4.77. The SMILES string of the molecule is CCCn1c(=O)c2sccc2n2c(CCCC(=O)NCCc3cc(OC)ccc3OC)nnc12. The molecule has 4 aromatic rings. The first kappa shape index (κ1) is 23.7. The van der Waals surface area contributed by atoms with Gasteiger partial charge < -0.3 is 14.8 Å². The molecule has 0 radical (unpaired) electrons. The molecule has 0 aliphatic rings. The van der Waals surface area contributed by atoms with Crippen LogP contribution in [0.5, 0.6) is 11.5 Å². The van der Waals surface area contributed by atoms with E-state index in [-0.39, 0.29) is 11.5 Å². The molecule has 0 saturated heterocycles. The third-order valence-corrected chi connectivity index (χ3v) is 6.63.